The standard InChI is InChI=1S/C19H20FN7O3S/c1-19(2,3)30-18(29)22-17-21-15(31-25-17)14-24-23-13-10-26(8-9-27(13)14)16(28)11-4-6-12(20)7-5-11/h4-7H,8-10H2,1-3H3,(H,22,25,29). The van der Waals surface area contributed by atoms with Gasteiger partial charge in [-0.1, -0.05) is 0 Å². The van der Waals surface area contributed by atoms with Gasteiger partial charge in [0.25, 0.3) is 5.91 Å². The van der Waals surface area contributed by atoms with Crippen molar-refractivity contribution in [1.82, 2.24) is 29.0 Å². The predicted octanol–water partition coefficient (Wildman–Crippen LogP) is 2.94. The first kappa shape index (κ1) is 20.8. The molecule has 0 saturated heterocycles. The molecule has 1 N–H and O–H groups in total. The Kier molecular flexibility index (Phi) is 5.39. The van der Waals surface area contributed by atoms with Crippen LogP contribution in [0.3, 0.4) is 0 Å². The summed E-state index contributed by atoms with van der Waals surface area (Å²) in [4.78, 5) is 30.5. The van der Waals surface area contributed by atoms with Crippen molar-refractivity contribution in [2.45, 2.75) is 39.5 Å². The average molecular weight is 445 g/mol. The number of amides is 2. The summed E-state index contributed by atoms with van der Waals surface area (Å²) in [7, 11) is 0. The second-order valence-electron chi connectivity index (χ2n) is 7.88. The van der Waals surface area contributed by atoms with Crippen molar-refractivity contribution in [3.05, 3.63) is 41.5 Å². The summed E-state index contributed by atoms with van der Waals surface area (Å²) >= 11 is 1.07. The van der Waals surface area contributed by atoms with Gasteiger partial charge in [-0.2, -0.15) is 9.36 Å². The number of ether oxygens (including phenoxy) is 1. The van der Waals surface area contributed by atoms with E-state index < -0.39 is 17.5 Å². The minimum Gasteiger partial charge on any atom is -0.444 e. The topological polar surface area (TPSA) is 115 Å². The molecular weight excluding hydrogens is 425 g/mol. The molecule has 12 heteroatoms. The molecular formula is C19H20FN7O3S. The molecule has 1 aliphatic rings. The molecule has 0 atom stereocenters. The molecule has 0 saturated carbocycles. The lowest BCUT2D eigenvalue weighted by Gasteiger charge is -2.27. The Morgan fingerprint density at radius 3 is 2.61 bits per heavy atom. The molecule has 2 amide bonds. The van der Waals surface area contributed by atoms with E-state index >= 15 is 0 Å². The zero-order valence-corrected chi connectivity index (χ0v) is 17.9. The summed E-state index contributed by atoms with van der Waals surface area (Å²) in [5, 5.41) is 11.3. The second-order valence-corrected chi connectivity index (χ2v) is 8.63. The number of hydrogen-bond donors (Lipinski definition) is 1. The molecule has 162 valence electrons. The molecule has 0 aliphatic carbocycles. The van der Waals surface area contributed by atoms with Crippen LogP contribution in [0.4, 0.5) is 15.1 Å². The van der Waals surface area contributed by atoms with Crippen molar-refractivity contribution >= 4 is 29.5 Å². The lowest BCUT2D eigenvalue weighted by molar-refractivity contribution is 0.0634. The molecule has 0 unspecified atom stereocenters. The average Bonchev–Trinajstić information content (AvgIpc) is 3.32. The van der Waals surface area contributed by atoms with Gasteiger partial charge in [0.2, 0.25) is 5.95 Å². The van der Waals surface area contributed by atoms with Gasteiger partial charge in [-0.3, -0.25) is 10.1 Å². The molecule has 0 bridgehead atoms. The molecule has 10 nitrogen and oxygen atoms in total. The minimum absolute atomic E-state index is 0.121. The molecule has 3 aromatic rings. The number of nitrogens with zero attached hydrogens (tertiary/aromatic N) is 6. The van der Waals surface area contributed by atoms with Gasteiger partial charge in [-0.25, -0.2) is 9.18 Å². The van der Waals surface area contributed by atoms with Crippen LogP contribution in [0, 0.1) is 5.82 Å². The van der Waals surface area contributed by atoms with Crippen LogP contribution in [-0.2, 0) is 17.8 Å². The third-order valence-electron chi connectivity index (χ3n) is 4.36. The van der Waals surface area contributed by atoms with E-state index in [9.17, 15) is 14.0 Å². The number of nitrogens with one attached hydrogen (secondary N) is 1. The zero-order valence-electron chi connectivity index (χ0n) is 17.1. The first-order valence-electron chi connectivity index (χ1n) is 9.50. The number of halogens is 1. The van der Waals surface area contributed by atoms with E-state index in [2.05, 4.69) is 24.9 Å². The van der Waals surface area contributed by atoms with Crippen LogP contribution in [0.5, 0.6) is 0 Å². The number of carbonyl (C=O) groups is 2. The van der Waals surface area contributed by atoms with E-state index in [1.807, 2.05) is 4.57 Å². The van der Waals surface area contributed by atoms with Gasteiger partial charge in [0.05, 0.1) is 6.54 Å². The Labute approximate surface area is 181 Å². The van der Waals surface area contributed by atoms with Gasteiger partial charge in [-0.15, -0.1) is 10.2 Å². The molecule has 31 heavy (non-hydrogen) atoms. The van der Waals surface area contributed by atoms with Gasteiger partial charge in [-0.05, 0) is 56.6 Å². The van der Waals surface area contributed by atoms with Crippen LogP contribution in [-0.4, -0.2) is 53.2 Å². The fraction of sp³-hybridized carbons (Fsp3) is 0.368. The highest BCUT2D eigenvalue weighted by Crippen LogP contribution is 2.25. The van der Waals surface area contributed by atoms with Gasteiger partial charge >= 0.3 is 6.09 Å². The van der Waals surface area contributed by atoms with E-state index in [1.165, 1.54) is 24.3 Å². The van der Waals surface area contributed by atoms with Crippen molar-refractivity contribution in [3.63, 3.8) is 0 Å². The monoisotopic (exact) mass is 445 g/mol. The SMILES string of the molecule is CC(C)(C)OC(=O)Nc1nsc(-c2nnc3n2CCN(C(=O)c2ccc(F)cc2)C3)n1. The molecule has 1 aromatic carbocycles. The van der Waals surface area contributed by atoms with Crippen molar-refractivity contribution in [2.24, 2.45) is 0 Å². The van der Waals surface area contributed by atoms with Gasteiger partial charge in [0, 0.05) is 18.7 Å². The predicted molar refractivity (Wildman–Crippen MR) is 110 cm³/mol. The number of anilines is 1. The third-order valence-corrected chi connectivity index (χ3v) is 5.07. The van der Waals surface area contributed by atoms with E-state index in [1.54, 1.807) is 25.7 Å². The summed E-state index contributed by atoms with van der Waals surface area (Å²) in [5.74, 6) is 0.649. The fourth-order valence-electron chi connectivity index (χ4n) is 3.02. The van der Waals surface area contributed by atoms with E-state index in [0.717, 1.165) is 11.5 Å². The van der Waals surface area contributed by atoms with Crippen molar-refractivity contribution in [1.29, 1.82) is 0 Å². The summed E-state index contributed by atoms with van der Waals surface area (Å²) in [6.45, 7) is 6.47. The largest absolute Gasteiger partial charge is 0.444 e. The third kappa shape index (κ3) is 4.68. The number of fused-ring (bicyclic) bond motifs is 1. The van der Waals surface area contributed by atoms with Gasteiger partial charge in [0.1, 0.15) is 11.4 Å². The van der Waals surface area contributed by atoms with Crippen LogP contribution in [0.25, 0.3) is 10.8 Å². The second kappa shape index (κ2) is 8.02. The number of benzene rings is 1. The smallest absolute Gasteiger partial charge is 0.414 e. The normalized spacial score (nSPS) is 13.6. The highest BCUT2D eigenvalue weighted by Gasteiger charge is 2.27. The molecule has 0 fully saturated rings. The van der Waals surface area contributed by atoms with Crippen LogP contribution in [0.15, 0.2) is 24.3 Å². The van der Waals surface area contributed by atoms with Crippen LogP contribution in [0.2, 0.25) is 0 Å². The minimum atomic E-state index is -0.643. The maximum absolute atomic E-state index is 13.1. The molecule has 4 rings (SSSR count). The highest BCUT2D eigenvalue weighted by molar-refractivity contribution is 7.09. The molecule has 0 radical (unpaired) electrons. The van der Waals surface area contributed by atoms with Crippen LogP contribution < -0.4 is 5.32 Å². The summed E-state index contributed by atoms with van der Waals surface area (Å²) in [5.41, 5.74) is -0.219. The molecule has 2 aromatic heterocycles. The lowest BCUT2D eigenvalue weighted by Crippen LogP contribution is -2.38. The molecule has 1 aliphatic heterocycles. The Balaban J connectivity index is 1.46. The molecule has 0 spiro atoms. The first-order valence-corrected chi connectivity index (χ1v) is 10.3. The van der Waals surface area contributed by atoms with Crippen molar-refractivity contribution in [2.75, 3.05) is 11.9 Å². The van der Waals surface area contributed by atoms with Crippen LogP contribution in [0.1, 0.15) is 37.0 Å². The number of aromatic nitrogens is 5. The fourth-order valence-corrected chi connectivity index (χ4v) is 3.64. The number of rotatable bonds is 3. The number of carbonyl (C=O) groups excluding carboxylic acids is 2. The van der Waals surface area contributed by atoms with E-state index in [-0.39, 0.29) is 18.4 Å². The first-order chi connectivity index (χ1) is 14.7. The summed E-state index contributed by atoms with van der Waals surface area (Å²) < 4.78 is 24.3. The quantitative estimate of drug-likeness (QED) is 0.659. The Morgan fingerprint density at radius 1 is 1.16 bits per heavy atom. The Morgan fingerprint density at radius 2 is 1.90 bits per heavy atom. The molecule has 3 heterocycles. The maximum atomic E-state index is 13.1. The van der Waals surface area contributed by atoms with Crippen molar-refractivity contribution in [3.8, 4) is 10.8 Å². The number of hydrogen-bond acceptors (Lipinski definition) is 8. The summed E-state index contributed by atoms with van der Waals surface area (Å²) in [6.07, 6.45) is -0.643. The van der Waals surface area contributed by atoms with Crippen molar-refractivity contribution < 1.29 is 18.7 Å². The highest BCUT2D eigenvalue weighted by atomic mass is 32.1. The Bertz CT molecular complexity index is 1120. The maximum Gasteiger partial charge on any atom is 0.414 e. The lowest BCUT2D eigenvalue weighted by atomic mass is 10.2. The van der Waals surface area contributed by atoms with E-state index in [0.29, 0.717) is 35.3 Å². The Hall–Kier alpha value is -3.41. The van der Waals surface area contributed by atoms with Gasteiger partial charge in [0.15, 0.2) is 16.7 Å². The van der Waals surface area contributed by atoms with Crippen LogP contribution >= 0.6 is 11.5 Å². The van der Waals surface area contributed by atoms with E-state index in [4.69, 9.17) is 4.74 Å². The van der Waals surface area contributed by atoms with Gasteiger partial charge < -0.3 is 14.2 Å². The zero-order chi connectivity index (χ0) is 22.2. The summed E-state index contributed by atoms with van der Waals surface area (Å²) in [6, 6.07) is 5.44.